The van der Waals surface area contributed by atoms with E-state index in [2.05, 4.69) is 0 Å². The van der Waals surface area contributed by atoms with Crippen molar-refractivity contribution in [1.82, 2.24) is 0 Å². The molecule has 0 N–H and O–H groups in total. The van der Waals surface area contributed by atoms with Crippen LogP contribution in [0, 0.1) is 6.92 Å². The van der Waals surface area contributed by atoms with Crippen LogP contribution >= 0.6 is 11.6 Å². The van der Waals surface area contributed by atoms with Gasteiger partial charge in [0.05, 0.1) is 6.61 Å². The Morgan fingerprint density at radius 1 is 0.946 bits per heavy atom. The molecule has 204 valence electrons. The molecule has 37 heavy (non-hydrogen) atoms. The van der Waals surface area contributed by atoms with Gasteiger partial charge in [-0.05, 0) is 30.7 Å². The van der Waals surface area contributed by atoms with Crippen molar-refractivity contribution >= 4 is 41.8 Å². The van der Waals surface area contributed by atoms with Gasteiger partial charge in [-0.3, -0.25) is 24.0 Å². The van der Waals surface area contributed by atoms with Crippen molar-refractivity contribution in [3.05, 3.63) is 28.8 Å². The zero-order valence-corrected chi connectivity index (χ0v) is 21.7. The number of aldehydes is 1. The molecule has 1 heterocycles. The summed E-state index contributed by atoms with van der Waals surface area (Å²) in [6.45, 7) is 5.44. The maximum Gasteiger partial charge on any atom is 0.303 e. The van der Waals surface area contributed by atoms with Crippen LogP contribution in [0.25, 0.3) is 0 Å². The van der Waals surface area contributed by atoms with Crippen LogP contribution in [0.3, 0.4) is 0 Å². The van der Waals surface area contributed by atoms with Crippen molar-refractivity contribution in [2.24, 2.45) is 0 Å². The lowest BCUT2D eigenvalue weighted by Crippen LogP contribution is -2.63. The highest BCUT2D eigenvalue weighted by atomic mass is 35.5. The molecule has 6 atom stereocenters. The van der Waals surface area contributed by atoms with E-state index in [1.807, 2.05) is 0 Å². The molecule has 1 saturated heterocycles. The van der Waals surface area contributed by atoms with Gasteiger partial charge in [0.1, 0.15) is 18.5 Å². The Morgan fingerprint density at radius 3 is 2.08 bits per heavy atom. The molecule has 1 aromatic carbocycles. The lowest BCUT2D eigenvalue weighted by Gasteiger charge is -2.44. The number of aryl methyl sites for hydroxylation is 1. The van der Waals surface area contributed by atoms with E-state index in [-0.39, 0.29) is 6.61 Å². The zero-order valence-electron chi connectivity index (χ0n) is 21.0. The average Bonchev–Trinajstić information content (AvgIpc) is 2.79. The first-order chi connectivity index (χ1) is 17.4. The Labute approximate surface area is 218 Å². The van der Waals surface area contributed by atoms with Gasteiger partial charge in [-0.2, -0.15) is 0 Å². The predicted octanol–water partition coefficient (Wildman–Crippen LogP) is 1.69. The predicted molar refractivity (Wildman–Crippen MR) is 125 cm³/mol. The number of ether oxygens (including phenoxy) is 7. The monoisotopic (exact) mass is 544 g/mol. The number of carbonyl (C=O) groups excluding carboxylic acids is 5. The molecule has 13 heteroatoms. The summed E-state index contributed by atoms with van der Waals surface area (Å²) in [6, 6.07) is 4.83. The molecule has 0 aromatic heterocycles. The van der Waals surface area contributed by atoms with Crippen LogP contribution in [0.1, 0.15) is 33.3 Å². The van der Waals surface area contributed by atoms with E-state index in [0.29, 0.717) is 22.6 Å². The maximum absolute atomic E-state index is 11.9. The van der Waals surface area contributed by atoms with Crippen LogP contribution in [-0.2, 0) is 52.4 Å². The average molecular weight is 545 g/mol. The third-order valence-corrected chi connectivity index (χ3v) is 5.18. The summed E-state index contributed by atoms with van der Waals surface area (Å²) in [4.78, 5) is 58.6. The molecule has 0 aliphatic carbocycles. The van der Waals surface area contributed by atoms with Gasteiger partial charge in [0.25, 0.3) is 0 Å². The SMILES string of the molecule is CC(=O)OC[C@@H]1O[C@H](OCC(C=O)Oc2ccc(Cl)cc2C)[C@@H](OC(C)=O)[C@H](OC(C)=O)[C@@H]1OC(C)=O. The molecular formula is C24H29ClO12. The second kappa shape index (κ2) is 13.9. The highest BCUT2D eigenvalue weighted by Gasteiger charge is 2.52. The second-order valence-electron chi connectivity index (χ2n) is 8.10. The minimum absolute atomic E-state index is 0.376. The molecule has 0 saturated carbocycles. The largest absolute Gasteiger partial charge is 0.480 e. The van der Waals surface area contributed by atoms with Crippen molar-refractivity contribution < 1.29 is 57.1 Å². The number of benzene rings is 1. The van der Waals surface area contributed by atoms with Crippen molar-refractivity contribution in [2.45, 2.75) is 71.4 Å². The Bertz CT molecular complexity index is 996. The van der Waals surface area contributed by atoms with E-state index in [1.165, 1.54) is 0 Å². The molecule has 1 aliphatic heterocycles. The fourth-order valence-electron chi connectivity index (χ4n) is 3.52. The Kier molecular flexibility index (Phi) is 11.3. The van der Waals surface area contributed by atoms with Gasteiger partial charge < -0.3 is 33.2 Å². The molecule has 1 aliphatic rings. The summed E-state index contributed by atoms with van der Waals surface area (Å²) in [6.07, 6.45) is -7.35. The molecule has 0 spiro atoms. The first-order valence-electron chi connectivity index (χ1n) is 11.2. The van der Waals surface area contributed by atoms with Crippen molar-refractivity contribution in [2.75, 3.05) is 13.2 Å². The number of hydrogen-bond acceptors (Lipinski definition) is 12. The summed E-state index contributed by atoms with van der Waals surface area (Å²) in [5.41, 5.74) is 0.673. The van der Waals surface area contributed by atoms with Gasteiger partial charge >= 0.3 is 23.9 Å². The molecule has 1 fully saturated rings. The minimum atomic E-state index is -1.43. The normalized spacial score (nSPS) is 23.8. The van der Waals surface area contributed by atoms with E-state index in [1.54, 1.807) is 25.1 Å². The van der Waals surface area contributed by atoms with Crippen LogP contribution in [0.5, 0.6) is 5.75 Å². The highest BCUT2D eigenvalue weighted by Crippen LogP contribution is 2.30. The molecule has 1 aromatic rings. The molecule has 2 rings (SSSR count). The molecule has 1 unspecified atom stereocenters. The van der Waals surface area contributed by atoms with E-state index < -0.39 is 67.3 Å². The minimum Gasteiger partial charge on any atom is -0.480 e. The van der Waals surface area contributed by atoms with E-state index >= 15 is 0 Å². The van der Waals surface area contributed by atoms with E-state index in [0.717, 1.165) is 27.7 Å². The van der Waals surface area contributed by atoms with Gasteiger partial charge in [0.15, 0.2) is 37.0 Å². The standard InChI is InChI=1S/C24H29ClO12/c1-12-8-17(25)6-7-19(12)36-18(9-26)10-32-24-23(35-16(5)30)22(34-15(4)29)21(33-14(3)28)20(37-24)11-31-13(2)27/h6-9,18,20-24H,10-11H2,1-5H3/t18?,20-,21+,22+,23-,24-/m0/s1. The van der Waals surface area contributed by atoms with Crippen LogP contribution in [0.2, 0.25) is 5.02 Å². The summed E-state index contributed by atoms with van der Waals surface area (Å²) in [5, 5.41) is 0.487. The van der Waals surface area contributed by atoms with Gasteiger partial charge in [0.2, 0.25) is 0 Å². The van der Waals surface area contributed by atoms with E-state index in [4.69, 9.17) is 44.8 Å². The van der Waals surface area contributed by atoms with Crippen molar-refractivity contribution in [3.63, 3.8) is 0 Å². The molecule has 0 bridgehead atoms. The van der Waals surface area contributed by atoms with Crippen LogP contribution < -0.4 is 4.74 Å². The van der Waals surface area contributed by atoms with Crippen LogP contribution in [0.4, 0.5) is 0 Å². The zero-order chi connectivity index (χ0) is 27.7. The fraction of sp³-hybridized carbons (Fsp3) is 0.542. The summed E-state index contributed by atoms with van der Waals surface area (Å²) < 4.78 is 38.2. The number of rotatable bonds is 11. The van der Waals surface area contributed by atoms with Gasteiger partial charge in [-0.1, -0.05) is 11.6 Å². The lowest BCUT2D eigenvalue weighted by molar-refractivity contribution is -0.309. The van der Waals surface area contributed by atoms with Gasteiger partial charge in [-0.15, -0.1) is 0 Å². The third-order valence-electron chi connectivity index (χ3n) is 4.94. The molecule has 0 radical (unpaired) electrons. The third kappa shape index (κ3) is 9.30. The first-order valence-corrected chi connectivity index (χ1v) is 11.6. The highest BCUT2D eigenvalue weighted by molar-refractivity contribution is 6.30. The number of carbonyl (C=O) groups is 5. The Hall–Kier alpha value is -3.22. The summed E-state index contributed by atoms with van der Waals surface area (Å²) in [5.74, 6) is -2.58. The summed E-state index contributed by atoms with van der Waals surface area (Å²) >= 11 is 5.95. The second-order valence-corrected chi connectivity index (χ2v) is 8.54. The van der Waals surface area contributed by atoms with E-state index in [9.17, 15) is 24.0 Å². The lowest BCUT2D eigenvalue weighted by atomic mass is 9.98. The number of hydrogen-bond donors (Lipinski definition) is 0. The van der Waals surface area contributed by atoms with Gasteiger partial charge in [0, 0.05) is 32.7 Å². The smallest absolute Gasteiger partial charge is 0.303 e. The van der Waals surface area contributed by atoms with Crippen molar-refractivity contribution in [1.29, 1.82) is 0 Å². The molecule has 12 nitrogen and oxygen atoms in total. The van der Waals surface area contributed by atoms with Crippen LogP contribution in [0.15, 0.2) is 18.2 Å². The first kappa shape index (κ1) is 30.0. The molecular weight excluding hydrogens is 516 g/mol. The number of esters is 4. The topological polar surface area (TPSA) is 150 Å². The Morgan fingerprint density at radius 2 is 1.54 bits per heavy atom. The van der Waals surface area contributed by atoms with Gasteiger partial charge in [-0.25, -0.2) is 0 Å². The maximum atomic E-state index is 11.9. The van der Waals surface area contributed by atoms with Crippen molar-refractivity contribution in [3.8, 4) is 5.75 Å². The summed E-state index contributed by atoms with van der Waals surface area (Å²) in [7, 11) is 0. The molecule has 0 amide bonds. The fourth-order valence-corrected chi connectivity index (χ4v) is 3.75. The van der Waals surface area contributed by atoms with Crippen LogP contribution in [-0.4, -0.2) is 80.2 Å². The quantitative estimate of drug-likeness (QED) is 0.226. The Balaban J connectivity index is 2.32. The number of halogens is 1.